The van der Waals surface area contributed by atoms with Crippen LogP contribution in [0.25, 0.3) is 6.08 Å². The Morgan fingerprint density at radius 2 is 2.16 bits per heavy atom. The minimum atomic E-state index is 0.428. The van der Waals surface area contributed by atoms with Gasteiger partial charge in [-0.3, -0.25) is 0 Å². The number of aromatic nitrogens is 3. The average Bonchev–Trinajstić information content (AvgIpc) is 3.05. The number of benzene rings is 1. The third kappa shape index (κ3) is 3.47. The van der Waals surface area contributed by atoms with Gasteiger partial charge in [0, 0.05) is 31.0 Å². The minimum Gasteiger partial charge on any atom is -0.489 e. The molecule has 0 fully saturated rings. The van der Waals surface area contributed by atoms with Gasteiger partial charge < -0.3 is 14.6 Å². The van der Waals surface area contributed by atoms with Crippen molar-refractivity contribution in [3.05, 3.63) is 47.1 Å². The Morgan fingerprint density at radius 1 is 1.28 bits per heavy atom. The molecule has 0 amide bonds. The maximum Gasteiger partial charge on any atom is 0.135 e. The Hall–Kier alpha value is -2.14. The van der Waals surface area contributed by atoms with Crippen LogP contribution in [0.2, 0.25) is 0 Å². The molecule has 0 unspecified atom stereocenters. The second-order valence-corrected chi connectivity index (χ2v) is 7.40. The number of para-hydroxylation sites is 1. The molecule has 1 N–H and O–H groups in total. The van der Waals surface area contributed by atoms with Crippen molar-refractivity contribution in [2.45, 2.75) is 39.2 Å². The van der Waals surface area contributed by atoms with E-state index in [4.69, 9.17) is 4.74 Å². The van der Waals surface area contributed by atoms with Crippen LogP contribution >= 0.6 is 0 Å². The van der Waals surface area contributed by atoms with E-state index in [-0.39, 0.29) is 0 Å². The lowest BCUT2D eigenvalue weighted by atomic mass is 9.98. The maximum absolute atomic E-state index is 5.83. The lowest BCUT2D eigenvalue weighted by Crippen LogP contribution is -2.32. The predicted octanol–water partition coefficient (Wildman–Crippen LogP) is 3.03. The summed E-state index contributed by atoms with van der Waals surface area (Å²) < 4.78 is 8.16. The van der Waals surface area contributed by atoms with Gasteiger partial charge in [0.15, 0.2) is 0 Å². The van der Waals surface area contributed by atoms with Gasteiger partial charge in [-0.25, -0.2) is 0 Å². The van der Waals surface area contributed by atoms with Gasteiger partial charge in [0.1, 0.15) is 24.0 Å². The van der Waals surface area contributed by atoms with Crippen molar-refractivity contribution in [3.8, 4) is 5.75 Å². The van der Waals surface area contributed by atoms with Crippen LogP contribution in [0.5, 0.6) is 5.75 Å². The molecule has 25 heavy (non-hydrogen) atoms. The van der Waals surface area contributed by atoms with E-state index in [9.17, 15) is 0 Å². The summed E-state index contributed by atoms with van der Waals surface area (Å²) in [5.41, 5.74) is 2.49. The van der Waals surface area contributed by atoms with Crippen molar-refractivity contribution >= 4 is 6.08 Å². The SMILES string of the molecule is CC(C)c1nnc2n1C[C@H](CNCC1=Cc3ccccc3OC1)CC2. The summed E-state index contributed by atoms with van der Waals surface area (Å²) in [7, 11) is 0. The van der Waals surface area contributed by atoms with Crippen LogP contribution in [0.4, 0.5) is 0 Å². The van der Waals surface area contributed by atoms with Crippen molar-refractivity contribution in [2.75, 3.05) is 19.7 Å². The second-order valence-electron chi connectivity index (χ2n) is 7.40. The fraction of sp³-hybridized carbons (Fsp3) is 0.500. The molecule has 2 aromatic rings. The van der Waals surface area contributed by atoms with Crippen LogP contribution in [-0.4, -0.2) is 34.5 Å². The highest BCUT2D eigenvalue weighted by Gasteiger charge is 2.23. The van der Waals surface area contributed by atoms with E-state index < -0.39 is 0 Å². The Bertz CT molecular complexity index is 778. The first-order chi connectivity index (χ1) is 12.2. The molecule has 0 aliphatic carbocycles. The zero-order valence-electron chi connectivity index (χ0n) is 15.0. The van der Waals surface area contributed by atoms with Crippen LogP contribution in [0.1, 0.15) is 43.4 Å². The van der Waals surface area contributed by atoms with E-state index in [1.54, 1.807) is 0 Å². The van der Waals surface area contributed by atoms with Gasteiger partial charge in [0.05, 0.1) is 0 Å². The zero-order chi connectivity index (χ0) is 17.2. The summed E-state index contributed by atoms with van der Waals surface area (Å²) in [5, 5.41) is 12.4. The van der Waals surface area contributed by atoms with Crippen LogP contribution in [0, 0.1) is 5.92 Å². The molecular weight excluding hydrogens is 312 g/mol. The van der Waals surface area contributed by atoms with E-state index in [0.29, 0.717) is 18.4 Å². The third-order valence-electron chi connectivity index (χ3n) is 5.07. The lowest BCUT2D eigenvalue weighted by Gasteiger charge is -2.26. The van der Waals surface area contributed by atoms with E-state index in [0.717, 1.165) is 43.5 Å². The molecule has 1 aromatic carbocycles. The topological polar surface area (TPSA) is 52.0 Å². The number of ether oxygens (including phenoxy) is 1. The normalized spacial score (nSPS) is 19.2. The molecule has 2 aliphatic rings. The van der Waals surface area contributed by atoms with Crippen molar-refractivity contribution in [3.63, 3.8) is 0 Å². The Kier molecular flexibility index (Phi) is 4.57. The number of rotatable bonds is 5. The summed E-state index contributed by atoms with van der Waals surface area (Å²) in [6.45, 7) is 7.99. The van der Waals surface area contributed by atoms with E-state index in [1.807, 2.05) is 12.1 Å². The summed E-state index contributed by atoms with van der Waals surface area (Å²) in [6, 6.07) is 8.21. The number of hydrogen-bond donors (Lipinski definition) is 1. The first-order valence-electron chi connectivity index (χ1n) is 9.24. The fourth-order valence-corrected chi connectivity index (χ4v) is 3.71. The maximum atomic E-state index is 5.83. The molecule has 5 nitrogen and oxygen atoms in total. The molecule has 0 bridgehead atoms. The summed E-state index contributed by atoms with van der Waals surface area (Å²) >= 11 is 0. The molecule has 2 aliphatic heterocycles. The first kappa shape index (κ1) is 16.3. The second kappa shape index (κ2) is 7.00. The summed E-state index contributed by atoms with van der Waals surface area (Å²) in [6.07, 6.45) is 4.47. The molecule has 5 heteroatoms. The van der Waals surface area contributed by atoms with Gasteiger partial charge in [0.25, 0.3) is 0 Å². The van der Waals surface area contributed by atoms with Gasteiger partial charge in [-0.2, -0.15) is 0 Å². The van der Waals surface area contributed by atoms with Gasteiger partial charge in [0.2, 0.25) is 0 Å². The third-order valence-corrected chi connectivity index (χ3v) is 5.07. The van der Waals surface area contributed by atoms with Crippen molar-refractivity contribution in [2.24, 2.45) is 5.92 Å². The van der Waals surface area contributed by atoms with Crippen LogP contribution in [-0.2, 0) is 13.0 Å². The molecule has 0 saturated carbocycles. The number of aryl methyl sites for hydroxylation is 1. The van der Waals surface area contributed by atoms with Gasteiger partial charge in [-0.1, -0.05) is 32.0 Å². The highest BCUT2D eigenvalue weighted by atomic mass is 16.5. The molecule has 4 rings (SSSR count). The summed E-state index contributed by atoms with van der Waals surface area (Å²) in [4.78, 5) is 0. The van der Waals surface area contributed by atoms with Crippen LogP contribution in [0.15, 0.2) is 29.8 Å². The number of nitrogens with one attached hydrogen (secondary N) is 1. The Labute approximate surface area is 149 Å². The molecule has 0 spiro atoms. The van der Waals surface area contributed by atoms with Crippen molar-refractivity contribution < 1.29 is 4.74 Å². The highest BCUT2D eigenvalue weighted by Crippen LogP contribution is 2.26. The summed E-state index contributed by atoms with van der Waals surface area (Å²) in [5.74, 6) is 4.33. The molecule has 3 heterocycles. The van der Waals surface area contributed by atoms with Crippen LogP contribution in [0.3, 0.4) is 0 Å². The quantitative estimate of drug-likeness (QED) is 0.910. The van der Waals surface area contributed by atoms with Gasteiger partial charge in [-0.05, 0) is 36.6 Å². The monoisotopic (exact) mass is 338 g/mol. The molecule has 1 aromatic heterocycles. The standard InChI is InChI=1S/C20H26N4O/c1-14(2)20-23-22-19-8-7-15(12-24(19)20)10-21-11-16-9-17-5-3-4-6-18(17)25-13-16/h3-6,9,14-15,21H,7-8,10-13H2,1-2H3/t15-/m0/s1. The molecule has 0 radical (unpaired) electrons. The van der Waals surface area contributed by atoms with E-state index >= 15 is 0 Å². The Balaban J connectivity index is 1.33. The molecule has 1 atom stereocenters. The number of hydrogen-bond acceptors (Lipinski definition) is 4. The van der Waals surface area contributed by atoms with E-state index in [1.165, 1.54) is 17.6 Å². The Morgan fingerprint density at radius 3 is 3.04 bits per heavy atom. The largest absolute Gasteiger partial charge is 0.489 e. The van der Waals surface area contributed by atoms with Crippen molar-refractivity contribution in [1.82, 2.24) is 20.1 Å². The average molecular weight is 338 g/mol. The van der Waals surface area contributed by atoms with Gasteiger partial charge in [-0.15, -0.1) is 10.2 Å². The smallest absolute Gasteiger partial charge is 0.135 e. The molecular formula is C20H26N4O. The lowest BCUT2D eigenvalue weighted by molar-refractivity contribution is 0.329. The predicted molar refractivity (Wildman–Crippen MR) is 98.7 cm³/mol. The number of nitrogens with zero attached hydrogens (tertiary/aromatic N) is 3. The number of fused-ring (bicyclic) bond motifs is 2. The van der Waals surface area contributed by atoms with Crippen molar-refractivity contribution in [1.29, 1.82) is 0 Å². The first-order valence-corrected chi connectivity index (χ1v) is 9.24. The van der Waals surface area contributed by atoms with E-state index in [2.05, 4.69) is 52.1 Å². The zero-order valence-corrected chi connectivity index (χ0v) is 15.0. The highest BCUT2D eigenvalue weighted by molar-refractivity contribution is 5.62. The minimum absolute atomic E-state index is 0.428. The molecule has 0 saturated heterocycles. The van der Waals surface area contributed by atoms with Crippen LogP contribution < -0.4 is 10.1 Å². The van der Waals surface area contributed by atoms with Gasteiger partial charge >= 0.3 is 0 Å². The molecule has 132 valence electrons. The fourth-order valence-electron chi connectivity index (χ4n) is 3.71.